The zero-order valence-corrected chi connectivity index (χ0v) is 50.1. The molecule has 0 aromatic heterocycles. The van der Waals surface area contributed by atoms with Gasteiger partial charge in [-0.1, -0.05) is 152 Å². The smallest absolute Gasteiger partial charge is 0.184 e. The zero-order valence-electron chi connectivity index (χ0n) is 50.1. The van der Waals surface area contributed by atoms with E-state index >= 15 is 0 Å². The Labute approximate surface area is 441 Å². The van der Waals surface area contributed by atoms with Gasteiger partial charge in [-0.05, 0) is 105 Å². The van der Waals surface area contributed by atoms with Crippen molar-refractivity contribution in [2.75, 3.05) is 0 Å². The Morgan fingerprint density at radius 1 is 0.417 bits per heavy atom. The van der Waals surface area contributed by atoms with Gasteiger partial charge in [-0.25, -0.2) is 0 Å². The van der Waals surface area contributed by atoms with E-state index in [0.717, 1.165) is 32.1 Å². The summed E-state index contributed by atoms with van der Waals surface area (Å²) in [5.41, 5.74) is 0. The SMILES string of the molecule is CCC1O[C@@H](C(C)C)C(C)[C@@H](C)[C@@H]1O[C@@H]1OC(CC)[C@H](O[C@@H]2OC(CC)[C@H](C)[C@H](O[C@@H]3OC(CC)[C@H](C)[C@H](C)C3O[C@@H]3OC(C)C(C)[C@H](C)C3C)C2C)[C@H](O[C@]2(C)C[C@@H](C)[C@@H](C)C([C@H](C)[C@H](C)CC)O2)C1C. The Bertz CT molecular complexity index is 1630. The van der Waals surface area contributed by atoms with Crippen molar-refractivity contribution in [1.82, 2.24) is 0 Å². The summed E-state index contributed by atoms with van der Waals surface area (Å²) >= 11 is 0. The van der Waals surface area contributed by atoms with Gasteiger partial charge in [-0.2, -0.15) is 0 Å². The average Bonchev–Trinajstić information content (AvgIpc) is 3.35. The third kappa shape index (κ3) is 12.7. The predicted molar refractivity (Wildman–Crippen MR) is 286 cm³/mol. The first-order valence-electron chi connectivity index (χ1n) is 30.1. The van der Waals surface area contributed by atoms with Crippen molar-refractivity contribution in [3.05, 3.63) is 0 Å². The van der Waals surface area contributed by atoms with E-state index in [1.165, 1.54) is 0 Å². The molecule has 6 saturated heterocycles. The van der Waals surface area contributed by atoms with Gasteiger partial charge in [0.25, 0.3) is 0 Å². The summed E-state index contributed by atoms with van der Waals surface area (Å²) in [5.74, 6) is 3.14. The molecule has 0 aromatic rings. The number of rotatable bonds is 18. The Hall–Kier alpha value is -0.440. The molecule has 6 aliphatic rings. The van der Waals surface area contributed by atoms with E-state index in [2.05, 4.69) is 159 Å². The summed E-state index contributed by atoms with van der Waals surface area (Å²) in [7, 11) is 0. The highest BCUT2D eigenvalue weighted by atomic mass is 16.8. The minimum absolute atomic E-state index is 0.0371. The highest BCUT2D eigenvalue weighted by Crippen LogP contribution is 2.48. The number of hydrogen-bond donors (Lipinski definition) is 0. The van der Waals surface area contributed by atoms with E-state index in [-0.39, 0.29) is 109 Å². The molecule has 0 N–H and O–H groups in total. The van der Waals surface area contributed by atoms with Crippen LogP contribution in [-0.2, 0) is 52.1 Å². The van der Waals surface area contributed by atoms with Crippen molar-refractivity contribution in [2.24, 2.45) is 88.8 Å². The van der Waals surface area contributed by atoms with Crippen LogP contribution < -0.4 is 0 Å². The van der Waals surface area contributed by atoms with Crippen LogP contribution in [0.2, 0.25) is 0 Å². The molecule has 6 heterocycles. The van der Waals surface area contributed by atoms with Crippen molar-refractivity contribution in [2.45, 2.75) is 302 Å². The maximum Gasteiger partial charge on any atom is 0.184 e. The van der Waals surface area contributed by atoms with Crippen molar-refractivity contribution in [3.63, 3.8) is 0 Å². The summed E-state index contributed by atoms with van der Waals surface area (Å²) in [6.07, 6.45) is 1.34. The van der Waals surface area contributed by atoms with Gasteiger partial charge < -0.3 is 52.1 Å². The molecule has 6 aliphatic heterocycles. The third-order valence-electron chi connectivity index (χ3n) is 20.9. The Kier molecular flexibility index (Phi) is 21.6. The minimum Gasteiger partial charge on any atom is -0.372 e. The van der Waals surface area contributed by atoms with Gasteiger partial charge in [-0.3, -0.25) is 0 Å². The van der Waals surface area contributed by atoms with Gasteiger partial charge in [0.2, 0.25) is 0 Å². The molecular weight excluding hydrogens is 909 g/mol. The fourth-order valence-electron chi connectivity index (χ4n) is 14.2. The van der Waals surface area contributed by atoms with E-state index < -0.39 is 36.9 Å². The standard InChI is InChI=1S/C61H112O11/c1-24-31(8)33(10)52-34(11)32(9)29-61(23,71-52)72-54-44(21)59(68-53-40(17)39(16)50(30(6)7)63-48(53)27-4)66-49(28-5)56(54)70-58-43(20)51(42(19)47(26-3)64-58)67-60-55(38(15)37(14)46(25-2)65-60)69-57-41(18)35(12)36(13)45(22)62-57/h30-60H,24-29H2,1-23H3/t31-,32-,33-,34-,35+,36?,37-,38+,39?,40-,41?,42+,43?,44?,45?,46?,47?,48?,49?,50+,51+,52?,53+,54-,55?,56+,57+,58+,59+,60+,61-/m1/s1. The maximum atomic E-state index is 7.65. The van der Waals surface area contributed by atoms with E-state index in [1.54, 1.807) is 0 Å². The van der Waals surface area contributed by atoms with E-state index in [4.69, 9.17) is 52.1 Å². The van der Waals surface area contributed by atoms with Crippen LogP contribution in [0.15, 0.2) is 0 Å². The molecule has 11 nitrogen and oxygen atoms in total. The van der Waals surface area contributed by atoms with Crippen LogP contribution in [0.25, 0.3) is 0 Å². The maximum absolute atomic E-state index is 7.65. The Morgan fingerprint density at radius 2 is 0.903 bits per heavy atom. The molecule has 422 valence electrons. The minimum atomic E-state index is -0.861. The van der Waals surface area contributed by atoms with E-state index in [1.807, 2.05) is 0 Å². The normalized spacial score (nSPS) is 51.5. The van der Waals surface area contributed by atoms with Crippen LogP contribution in [0.4, 0.5) is 0 Å². The fourth-order valence-corrected chi connectivity index (χ4v) is 14.2. The molecule has 0 aromatic carbocycles. The van der Waals surface area contributed by atoms with Crippen LogP contribution in [0, 0.1) is 88.8 Å². The van der Waals surface area contributed by atoms with E-state index in [9.17, 15) is 0 Å². The molecule has 0 aliphatic carbocycles. The zero-order chi connectivity index (χ0) is 53.4. The fraction of sp³-hybridized carbons (Fsp3) is 1.00. The first-order valence-corrected chi connectivity index (χ1v) is 30.1. The van der Waals surface area contributed by atoms with Crippen molar-refractivity contribution in [3.8, 4) is 0 Å². The molecule has 11 heteroatoms. The van der Waals surface area contributed by atoms with Gasteiger partial charge in [-0.15, -0.1) is 0 Å². The number of ether oxygens (including phenoxy) is 11. The second kappa shape index (κ2) is 25.6. The van der Waals surface area contributed by atoms with Crippen LogP contribution in [0.3, 0.4) is 0 Å². The second-order valence-corrected chi connectivity index (χ2v) is 25.9. The monoisotopic (exact) mass is 1020 g/mol. The molecule has 12 unspecified atom stereocenters. The van der Waals surface area contributed by atoms with Crippen LogP contribution in [-0.4, -0.2) is 104 Å². The summed E-state index contributed by atoms with van der Waals surface area (Å²) in [6.45, 7) is 52.3. The quantitative estimate of drug-likeness (QED) is 0.131. The van der Waals surface area contributed by atoms with Gasteiger partial charge in [0.05, 0.1) is 61.0 Å². The molecule has 72 heavy (non-hydrogen) atoms. The average molecular weight is 1020 g/mol. The van der Waals surface area contributed by atoms with Gasteiger partial charge >= 0.3 is 0 Å². The van der Waals surface area contributed by atoms with Gasteiger partial charge in [0, 0.05) is 30.1 Å². The highest BCUT2D eigenvalue weighted by molar-refractivity contribution is 4.98. The first-order chi connectivity index (χ1) is 33.9. The third-order valence-corrected chi connectivity index (χ3v) is 20.9. The molecule has 31 atom stereocenters. The summed E-state index contributed by atoms with van der Waals surface area (Å²) in [4.78, 5) is 0. The molecule has 0 saturated carbocycles. The first kappa shape index (κ1) is 60.8. The lowest BCUT2D eigenvalue weighted by atomic mass is 9.74. The molecule has 6 fully saturated rings. The van der Waals surface area contributed by atoms with E-state index in [0.29, 0.717) is 53.8 Å². The Morgan fingerprint density at radius 3 is 1.49 bits per heavy atom. The molecule has 0 bridgehead atoms. The number of hydrogen-bond acceptors (Lipinski definition) is 11. The van der Waals surface area contributed by atoms with Crippen LogP contribution >= 0.6 is 0 Å². The molecule has 6 rings (SSSR count). The van der Waals surface area contributed by atoms with Crippen molar-refractivity contribution < 1.29 is 52.1 Å². The lowest BCUT2D eigenvalue weighted by Gasteiger charge is -2.55. The van der Waals surface area contributed by atoms with Crippen molar-refractivity contribution in [1.29, 1.82) is 0 Å². The molecular formula is C61H112O11. The Balaban J connectivity index is 1.33. The molecule has 0 radical (unpaired) electrons. The second-order valence-electron chi connectivity index (χ2n) is 25.9. The molecule has 0 spiro atoms. The topological polar surface area (TPSA) is 102 Å². The summed E-state index contributed by atoms with van der Waals surface area (Å²) in [6, 6.07) is 0. The lowest BCUT2D eigenvalue weighted by molar-refractivity contribution is -0.395. The highest BCUT2D eigenvalue weighted by Gasteiger charge is 2.56. The van der Waals surface area contributed by atoms with Gasteiger partial charge in [0.15, 0.2) is 30.9 Å². The van der Waals surface area contributed by atoms with Gasteiger partial charge in [0.1, 0.15) is 12.2 Å². The predicted octanol–water partition coefficient (Wildman–Crippen LogP) is 13.7. The largest absolute Gasteiger partial charge is 0.372 e. The molecule has 0 amide bonds. The van der Waals surface area contributed by atoms with Crippen LogP contribution in [0.5, 0.6) is 0 Å². The lowest BCUT2D eigenvalue weighted by Crippen LogP contribution is -2.64. The van der Waals surface area contributed by atoms with Crippen molar-refractivity contribution >= 4 is 0 Å². The summed E-state index contributed by atoms with van der Waals surface area (Å²) < 4.78 is 79.3. The summed E-state index contributed by atoms with van der Waals surface area (Å²) in [5, 5.41) is 0. The van der Waals surface area contributed by atoms with Crippen LogP contribution in [0.1, 0.15) is 198 Å².